The molecule has 0 unspecified atom stereocenters. The zero-order valence-corrected chi connectivity index (χ0v) is 15.3. The third kappa shape index (κ3) is 3.06. The highest BCUT2D eigenvalue weighted by molar-refractivity contribution is 6.31. The van der Waals surface area contributed by atoms with E-state index in [4.69, 9.17) is 11.6 Å². The number of benzene rings is 2. The summed E-state index contributed by atoms with van der Waals surface area (Å²) in [6.45, 7) is 3.34. The topological polar surface area (TPSA) is 67.1 Å². The van der Waals surface area contributed by atoms with Crippen LogP contribution in [-0.2, 0) is 5.60 Å². The van der Waals surface area contributed by atoms with Gasteiger partial charge in [-0.3, -0.25) is 0 Å². The minimum Gasteiger partial charge on any atom is -0.385 e. The average molecular weight is 370 g/mol. The van der Waals surface area contributed by atoms with Crippen molar-refractivity contribution < 1.29 is 5.11 Å². The maximum atomic E-state index is 11.1. The van der Waals surface area contributed by atoms with Crippen LogP contribution in [0.1, 0.15) is 24.0 Å². The summed E-state index contributed by atoms with van der Waals surface area (Å²) >= 11 is 6.29. The number of tetrazole rings is 1. The van der Waals surface area contributed by atoms with Gasteiger partial charge in [-0.1, -0.05) is 52.6 Å². The normalized spacial score (nSPS) is 16.7. The van der Waals surface area contributed by atoms with Crippen LogP contribution in [0, 0.1) is 6.92 Å². The van der Waals surface area contributed by atoms with Crippen LogP contribution in [0.2, 0.25) is 5.02 Å². The van der Waals surface area contributed by atoms with E-state index >= 15 is 0 Å². The minimum absolute atomic E-state index is 0.567. The molecule has 2 aromatic carbocycles. The molecule has 1 saturated heterocycles. The first kappa shape index (κ1) is 17.0. The van der Waals surface area contributed by atoms with Gasteiger partial charge in [-0.25, -0.2) is 0 Å². The van der Waals surface area contributed by atoms with Gasteiger partial charge in [0.1, 0.15) is 0 Å². The van der Waals surface area contributed by atoms with Crippen LogP contribution in [0.3, 0.4) is 0 Å². The van der Waals surface area contributed by atoms with Crippen molar-refractivity contribution in [2.75, 3.05) is 18.0 Å². The number of piperidine rings is 1. The van der Waals surface area contributed by atoms with E-state index < -0.39 is 5.60 Å². The Morgan fingerprint density at radius 1 is 1.04 bits per heavy atom. The Balaban J connectivity index is 1.55. The Bertz CT molecular complexity index is 900. The lowest BCUT2D eigenvalue weighted by atomic mass is 9.84. The Morgan fingerprint density at radius 3 is 2.42 bits per heavy atom. The summed E-state index contributed by atoms with van der Waals surface area (Å²) in [5.74, 6) is 0.690. The van der Waals surface area contributed by atoms with E-state index in [2.05, 4.69) is 20.4 Å². The summed E-state index contributed by atoms with van der Waals surface area (Å²) < 4.78 is 1.74. The maximum absolute atomic E-state index is 11.1. The molecule has 0 spiro atoms. The monoisotopic (exact) mass is 369 g/mol. The highest BCUT2D eigenvalue weighted by Gasteiger charge is 2.36. The lowest BCUT2D eigenvalue weighted by Crippen LogP contribution is -2.43. The Hall–Kier alpha value is -2.44. The molecule has 0 aliphatic carbocycles. The van der Waals surface area contributed by atoms with Crippen molar-refractivity contribution in [3.05, 3.63) is 64.7 Å². The molecule has 0 bridgehead atoms. The second-order valence-corrected chi connectivity index (χ2v) is 7.13. The van der Waals surface area contributed by atoms with E-state index in [1.54, 1.807) is 4.68 Å². The molecule has 6 nitrogen and oxygen atoms in total. The van der Waals surface area contributed by atoms with Gasteiger partial charge in [0, 0.05) is 23.7 Å². The number of aliphatic hydroxyl groups is 1. The van der Waals surface area contributed by atoms with Crippen molar-refractivity contribution in [3.63, 3.8) is 0 Å². The Kier molecular flexibility index (Phi) is 4.38. The second kappa shape index (κ2) is 6.70. The van der Waals surface area contributed by atoms with E-state index in [1.165, 1.54) is 5.56 Å². The third-order valence-electron chi connectivity index (χ3n) is 4.98. The van der Waals surface area contributed by atoms with Crippen molar-refractivity contribution in [1.82, 2.24) is 20.2 Å². The van der Waals surface area contributed by atoms with Gasteiger partial charge in [0.15, 0.2) is 0 Å². The standard InChI is InChI=1S/C19H20ClN5O/c1-14-6-8-15(9-7-14)25-18(21-22-23-25)24-12-10-19(26,11-13-24)16-4-2-3-5-17(16)20/h2-9,26H,10-13H2,1H3. The highest BCUT2D eigenvalue weighted by Crippen LogP contribution is 2.37. The number of hydrogen-bond donors (Lipinski definition) is 1. The molecule has 134 valence electrons. The molecule has 0 saturated carbocycles. The van der Waals surface area contributed by atoms with Crippen molar-refractivity contribution >= 4 is 17.5 Å². The number of aryl methyl sites for hydroxylation is 1. The van der Waals surface area contributed by atoms with Gasteiger partial charge in [-0.05, 0) is 48.4 Å². The number of hydrogen-bond acceptors (Lipinski definition) is 5. The van der Waals surface area contributed by atoms with E-state index in [-0.39, 0.29) is 0 Å². The zero-order valence-electron chi connectivity index (χ0n) is 14.5. The third-order valence-corrected chi connectivity index (χ3v) is 5.31. The van der Waals surface area contributed by atoms with E-state index in [9.17, 15) is 5.11 Å². The summed E-state index contributed by atoms with van der Waals surface area (Å²) in [7, 11) is 0. The summed E-state index contributed by atoms with van der Waals surface area (Å²) in [6.07, 6.45) is 1.13. The molecule has 3 aromatic rings. The van der Waals surface area contributed by atoms with Crippen LogP contribution >= 0.6 is 11.6 Å². The van der Waals surface area contributed by atoms with Crippen LogP contribution < -0.4 is 4.90 Å². The molecule has 1 N–H and O–H groups in total. The molecule has 2 heterocycles. The molecule has 4 rings (SSSR count). The molecule has 1 aliphatic rings. The van der Waals surface area contributed by atoms with E-state index in [0.29, 0.717) is 36.9 Å². The quantitative estimate of drug-likeness (QED) is 0.768. The van der Waals surface area contributed by atoms with Crippen molar-refractivity contribution in [2.45, 2.75) is 25.4 Å². The fourth-order valence-corrected chi connectivity index (χ4v) is 3.73. The van der Waals surface area contributed by atoms with Crippen LogP contribution in [0.25, 0.3) is 5.69 Å². The fourth-order valence-electron chi connectivity index (χ4n) is 3.42. The van der Waals surface area contributed by atoms with Crippen molar-refractivity contribution in [3.8, 4) is 5.69 Å². The molecule has 1 aliphatic heterocycles. The van der Waals surface area contributed by atoms with Gasteiger partial charge in [-0.2, -0.15) is 4.68 Å². The fraction of sp³-hybridized carbons (Fsp3) is 0.316. The summed E-state index contributed by atoms with van der Waals surface area (Å²) in [4.78, 5) is 2.10. The molecule has 26 heavy (non-hydrogen) atoms. The summed E-state index contributed by atoms with van der Waals surface area (Å²) in [6, 6.07) is 15.6. The summed E-state index contributed by atoms with van der Waals surface area (Å²) in [5, 5.41) is 23.9. The first-order valence-electron chi connectivity index (χ1n) is 8.65. The maximum Gasteiger partial charge on any atom is 0.250 e. The zero-order chi connectivity index (χ0) is 18.1. The van der Waals surface area contributed by atoms with Gasteiger partial charge in [0.25, 0.3) is 0 Å². The first-order valence-corrected chi connectivity index (χ1v) is 9.02. The number of aromatic nitrogens is 4. The molecular weight excluding hydrogens is 350 g/mol. The van der Waals surface area contributed by atoms with Gasteiger partial charge < -0.3 is 10.0 Å². The molecule has 7 heteroatoms. The van der Waals surface area contributed by atoms with E-state index in [1.807, 2.05) is 55.5 Å². The van der Waals surface area contributed by atoms with Gasteiger partial charge >= 0.3 is 0 Å². The molecular formula is C19H20ClN5O. The second-order valence-electron chi connectivity index (χ2n) is 6.72. The largest absolute Gasteiger partial charge is 0.385 e. The predicted octanol–water partition coefficient (Wildman–Crippen LogP) is 3.11. The lowest BCUT2D eigenvalue weighted by molar-refractivity contribution is 0.0115. The summed E-state index contributed by atoms with van der Waals surface area (Å²) in [5.41, 5.74) is 1.98. The number of rotatable bonds is 3. The smallest absolute Gasteiger partial charge is 0.250 e. The molecule has 0 radical (unpaired) electrons. The van der Waals surface area contributed by atoms with Gasteiger partial charge in [0.05, 0.1) is 11.3 Å². The first-order chi connectivity index (χ1) is 12.6. The average Bonchev–Trinajstić information content (AvgIpc) is 3.13. The van der Waals surface area contributed by atoms with Crippen molar-refractivity contribution in [2.24, 2.45) is 0 Å². The Labute approximate surface area is 157 Å². The minimum atomic E-state index is -0.920. The lowest BCUT2D eigenvalue weighted by Gasteiger charge is -2.38. The number of anilines is 1. The molecule has 1 fully saturated rings. The van der Waals surface area contributed by atoms with Crippen LogP contribution in [-0.4, -0.2) is 38.4 Å². The SMILES string of the molecule is Cc1ccc(-n2nnnc2N2CCC(O)(c3ccccc3Cl)CC2)cc1. The van der Waals surface area contributed by atoms with Crippen molar-refractivity contribution in [1.29, 1.82) is 0 Å². The van der Waals surface area contributed by atoms with Crippen LogP contribution in [0.5, 0.6) is 0 Å². The molecule has 1 aromatic heterocycles. The van der Waals surface area contributed by atoms with Crippen LogP contribution in [0.15, 0.2) is 48.5 Å². The number of halogens is 1. The van der Waals surface area contributed by atoms with Gasteiger partial charge in [-0.15, -0.1) is 0 Å². The molecule has 0 amide bonds. The highest BCUT2D eigenvalue weighted by atomic mass is 35.5. The van der Waals surface area contributed by atoms with E-state index in [0.717, 1.165) is 11.3 Å². The predicted molar refractivity (Wildman–Crippen MR) is 101 cm³/mol. The molecule has 0 atom stereocenters. The Morgan fingerprint density at radius 2 is 1.73 bits per heavy atom. The van der Waals surface area contributed by atoms with Gasteiger partial charge in [0.2, 0.25) is 5.95 Å². The van der Waals surface area contributed by atoms with Crippen LogP contribution in [0.4, 0.5) is 5.95 Å². The number of nitrogens with zero attached hydrogens (tertiary/aromatic N) is 5.